The van der Waals surface area contributed by atoms with Crippen LogP contribution in [0.1, 0.15) is 0 Å². The standard InChI is InChI=1S/C50H31NO2/c1-2-11-32(12-3-1)37-17-9-19-39-40-20-10-18-38(42(40)28-27-41(37)39)33-13-8-14-34(29-33)51(35-23-25-45-43-15-4-6-21-47(43)52-49(45)30-35)36-24-26-46-44-16-5-7-22-48(44)53-50(46)31-36/h1-31H. The van der Waals surface area contributed by atoms with Crippen molar-refractivity contribution in [2.24, 2.45) is 0 Å². The van der Waals surface area contributed by atoms with Gasteiger partial charge in [-0.2, -0.15) is 0 Å². The Morgan fingerprint density at radius 1 is 0.264 bits per heavy atom. The van der Waals surface area contributed by atoms with Gasteiger partial charge in [0, 0.05) is 50.7 Å². The van der Waals surface area contributed by atoms with Crippen LogP contribution in [0.5, 0.6) is 0 Å². The Hall–Kier alpha value is -7.10. The highest BCUT2D eigenvalue weighted by molar-refractivity contribution is 6.15. The third-order valence-corrected chi connectivity index (χ3v) is 10.7. The van der Waals surface area contributed by atoms with Gasteiger partial charge >= 0.3 is 0 Å². The molecular formula is C50H31NO2. The maximum Gasteiger partial charge on any atom is 0.137 e. The van der Waals surface area contributed by atoms with Crippen molar-refractivity contribution in [2.45, 2.75) is 0 Å². The van der Waals surface area contributed by atoms with Crippen LogP contribution >= 0.6 is 0 Å². The van der Waals surface area contributed by atoms with Crippen LogP contribution in [-0.2, 0) is 0 Å². The van der Waals surface area contributed by atoms with Crippen molar-refractivity contribution in [1.82, 2.24) is 0 Å². The molecule has 0 unspecified atom stereocenters. The second-order valence-electron chi connectivity index (χ2n) is 13.7. The molecule has 2 heterocycles. The molecule has 248 valence electrons. The third kappa shape index (κ3) is 4.75. The molecule has 0 spiro atoms. The van der Waals surface area contributed by atoms with E-state index in [0.717, 1.165) is 66.5 Å². The highest BCUT2D eigenvalue weighted by atomic mass is 16.3. The van der Waals surface area contributed by atoms with E-state index in [9.17, 15) is 0 Å². The van der Waals surface area contributed by atoms with Crippen molar-refractivity contribution in [3.8, 4) is 22.3 Å². The lowest BCUT2D eigenvalue weighted by atomic mass is 9.91. The van der Waals surface area contributed by atoms with Gasteiger partial charge < -0.3 is 13.7 Å². The van der Waals surface area contributed by atoms with Crippen LogP contribution in [-0.4, -0.2) is 0 Å². The Morgan fingerprint density at radius 3 is 1.30 bits per heavy atom. The highest BCUT2D eigenvalue weighted by Crippen LogP contribution is 2.43. The van der Waals surface area contributed by atoms with Gasteiger partial charge in [-0.3, -0.25) is 0 Å². The van der Waals surface area contributed by atoms with Crippen LogP contribution in [0.2, 0.25) is 0 Å². The summed E-state index contributed by atoms with van der Waals surface area (Å²) in [6.07, 6.45) is 0. The molecular weight excluding hydrogens is 647 g/mol. The first kappa shape index (κ1) is 29.6. The number of anilines is 3. The number of hydrogen-bond donors (Lipinski definition) is 0. The summed E-state index contributed by atoms with van der Waals surface area (Å²) in [6, 6.07) is 66.8. The Kier molecular flexibility index (Phi) is 6.55. The molecule has 0 radical (unpaired) electrons. The molecule has 0 fully saturated rings. The van der Waals surface area contributed by atoms with E-state index in [1.54, 1.807) is 0 Å². The maximum atomic E-state index is 6.39. The fourth-order valence-electron chi connectivity index (χ4n) is 8.21. The topological polar surface area (TPSA) is 29.5 Å². The summed E-state index contributed by atoms with van der Waals surface area (Å²) in [7, 11) is 0. The summed E-state index contributed by atoms with van der Waals surface area (Å²) in [6.45, 7) is 0. The molecule has 11 rings (SSSR count). The maximum absolute atomic E-state index is 6.39. The van der Waals surface area contributed by atoms with Gasteiger partial charge in [-0.05, 0) is 92.3 Å². The smallest absolute Gasteiger partial charge is 0.137 e. The van der Waals surface area contributed by atoms with E-state index >= 15 is 0 Å². The van der Waals surface area contributed by atoms with Gasteiger partial charge in [0.25, 0.3) is 0 Å². The van der Waals surface area contributed by atoms with Crippen LogP contribution in [0.15, 0.2) is 197 Å². The molecule has 0 aliphatic heterocycles. The van der Waals surface area contributed by atoms with Crippen LogP contribution in [0.25, 0.3) is 87.7 Å². The minimum atomic E-state index is 0.852. The fourth-order valence-corrected chi connectivity index (χ4v) is 8.21. The van der Waals surface area contributed by atoms with Crippen molar-refractivity contribution in [1.29, 1.82) is 0 Å². The largest absolute Gasteiger partial charge is 0.456 e. The van der Waals surface area contributed by atoms with Crippen molar-refractivity contribution in [2.75, 3.05) is 4.90 Å². The monoisotopic (exact) mass is 677 g/mol. The molecule has 3 nitrogen and oxygen atoms in total. The lowest BCUT2D eigenvalue weighted by Crippen LogP contribution is -2.10. The second kappa shape index (κ2) is 11.7. The van der Waals surface area contributed by atoms with E-state index in [1.807, 2.05) is 24.3 Å². The zero-order valence-corrected chi connectivity index (χ0v) is 28.7. The second-order valence-corrected chi connectivity index (χ2v) is 13.7. The van der Waals surface area contributed by atoms with Crippen molar-refractivity contribution in [3.05, 3.63) is 188 Å². The van der Waals surface area contributed by atoms with E-state index < -0.39 is 0 Å². The van der Waals surface area contributed by atoms with Gasteiger partial charge in [0.05, 0.1) is 0 Å². The first-order valence-corrected chi connectivity index (χ1v) is 18.0. The van der Waals surface area contributed by atoms with E-state index in [-0.39, 0.29) is 0 Å². The van der Waals surface area contributed by atoms with Gasteiger partial charge in [0.1, 0.15) is 22.3 Å². The molecule has 2 aromatic heterocycles. The van der Waals surface area contributed by atoms with Crippen molar-refractivity contribution >= 4 is 82.5 Å². The summed E-state index contributed by atoms with van der Waals surface area (Å²) in [4.78, 5) is 2.30. The van der Waals surface area contributed by atoms with E-state index in [1.165, 1.54) is 38.2 Å². The zero-order valence-electron chi connectivity index (χ0n) is 28.7. The van der Waals surface area contributed by atoms with Crippen LogP contribution in [0, 0.1) is 0 Å². The van der Waals surface area contributed by atoms with Gasteiger partial charge in [0.15, 0.2) is 0 Å². The SMILES string of the molecule is c1ccc(-c2cccc3c2ccc2c(-c4cccc(N(c5ccc6c(c5)oc5ccccc56)c5ccc6c(c5)oc5ccccc56)c4)cccc23)cc1. The normalized spacial score (nSPS) is 11.8. The minimum absolute atomic E-state index is 0.852. The number of furan rings is 2. The van der Waals surface area contributed by atoms with E-state index in [2.05, 4.69) is 169 Å². The third-order valence-electron chi connectivity index (χ3n) is 10.7. The van der Waals surface area contributed by atoms with Crippen LogP contribution in [0.4, 0.5) is 17.1 Å². The minimum Gasteiger partial charge on any atom is -0.456 e. The molecule has 0 aliphatic carbocycles. The Bertz CT molecular complexity index is 3070. The molecule has 0 atom stereocenters. The predicted molar refractivity (Wildman–Crippen MR) is 222 cm³/mol. The lowest BCUT2D eigenvalue weighted by Gasteiger charge is -2.26. The average molecular weight is 678 g/mol. The summed E-state index contributed by atoms with van der Waals surface area (Å²) in [5.41, 5.74) is 11.3. The van der Waals surface area contributed by atoms with E-state index in [4.69, 9.17) is 8.83 Å². The number of para-hydroxylation sites is 2. The number of hydrogen-bond acceptors (Lipinski definition) is 3. The Balaban J connectivity index is 1.09. The molecule has 0 N–H and O–H groups in total. The molecule has 11 aromatic rings. The number of rotatable bonds is 5. The number of nitrogens with zero attached hydrogens (tertiary/aromatic N) is 1. The molecule has 0 bridgehead atoms. The van der Waals surface area contributed by atoms with Crippen molar-refractivity contribution in [3.63, 3.8) is 0 Å². The molecule has 0 aliphatic rings. The summed E-state index contributed by atoms with van der Waals surface area (Å²) >= 11 is 0. The highest BCUT2D eigenvalue weighted by Gasteiger charge is 2.19. The van der Waals surface area contributed by atoms with Gasteiger partial charge in [-0.25, -0.2) is 0 Å². The molecule has 0 saturated heterocycles. The summed E-state index contributed by atoms with van der Waals surface area (Å²) in [5, 5.41) is 9.41. The zero-order chi connectivity index (χ0) is 34.9. The number of benzene rings is 9. The van der Waals surface area contributed by atoms with Crippen LogP contribution < -0.4 is 4.90 Å². The molecule has 53 heavy (non-hydrogen) atoms. The van der Waals surface area contributed by atoms with Crippen molar-refractivity contribution < 1.29 is 8.83 Å². The van der Waals surface area contributed by atoms with E-state index in [0.29, 0.717) is 0 Å². The predicted octanol–water partition coefficient (Wildman–Crippen LogP) is 14.6. The van der Waals surface area contributed by atoms with Gasteiger partial charge in [-0.1, -0.05) is 127 Å². The average Bonchev–Trinajstić information content (AvgIpc) is 3.78. The van der Waals surface area contributed by atoms with Gasteiger partial charge in [-0.15, -0.1) is 0 Å². The molecule has 0 saturated carbocycles. The Labute approximate surface area is 305 Å². The quantitative estimate of drug-likeness (QED) is 0.170. The molecule has 9 aromatic carbocycles. The lowest BCUT2D eigenvalue weighted by molar-refractivity contribution is 0.669. The number of fused-ring (bicyclic) bond motifs is 9. The summed E-state index contributed by atoms with van der Waals surface area (Å²) in [5.74, 6) is 0. The Morgan fingerprint density at radius 2 is 0.698 bits per heavy atom. The fraction of sp³-hybridized carbons (Fsp3) is 0. The first-order valence-electron chi connectivity index (χ1n) is 18.0. The van der Waals surface area contributed by atoms with Crippen LogP contribution in [0.3, 0.4) is 0 Å². The first-order chi connectivity index (χ1) is 26.3. The molecule has 0 amide bonds. The molecule has 3 heteroatoms. The summed E-state index contributed by atoms with van der Waals surface area (Å²) < 4.78 is 12.8. The van der Waals surface area contributed by atoms with Gasteiger partial charge in [0.2, 0.25) is 0 Å².